The van der Waals surface area contributed by atoms with Crippen LogP contribution in [-0.2, 0) is 4.74 Å². The summed E-state index contributed by atoms with van der Waals surface area (Å²) in [7, 11) is 0. The van der Waals surface area contributed by atoms with Gasteiger partial charge in [0.05, 0.1) is 23.2 Å². The molecule has 0 amide bonds. The van der Waals surface area contributed by atoms with Crippen molar-refractivity contribution in [2.75, 3.05) is 6.61 Å². The lowest BCUT2D eigenvalue weighted by Gasteiger charge is -2.11. The smallest absolute Gasteiger partial charge is 0.338 e. The molecule has 26 heavy (non-hydrogen) atoms. The van der Waals surface area contributed by atoms with Crippen molar-refractivity contribution < 1.29 is 9.53 Å². The average molecular weight is 342 g/mol. The lowest BCUT2D eigenvalue weighted by atomic mass is 10.1. The molecule has 0 saturated heterocycles. The van der Waals surface area contributed by atoms with Crippen molar-refractivity contribution in [3.63, 3.8) is 0 Å². The van der Waals surface area contributed by atoms with Crippen LogP contribution in [0.3, 0.4) is 0 Å². The zero-order valence-corrected chi connectivity index (χ0v) is 14.4. The highest BCUT2D eigenvalue weighted by atomic mass is 16.5. The molecule has 4 rings (SSSR count). The third-order valence-electron chi connectivity index (χ3n) is 4.21. The van der Waals surface area contributed by atoms with Crippen LogP contribution in [0, 0.1) is 0 Å². The Hall–Kier alpha value is -3.40. The first-order valence-electron chi connectivity index (χ1n) is 8.58. The molecular formula is C22H18N2O2. The molecule has 4 aromatic rings. The topological polar surface area (TPSA) is 44.1 Å². The third-order valence-corrected chi connectivity index (χ3v) is 4.21. The molecule has 0 aliphatic carbocycles. The van der Waals surface area contributed by atoms with Gasteiger partial charge in [-0.1, -0.05) is 48.5 Å². The maximum Gasteiger partial charge on any atom is 0.338 e. The number of carbonyl (C=O) groups is 1. The molecule has 0 N–H and O–H groups in total. The number of esters is 1. The molecule has 0 bridgehead atoms. The van der Waals surface area contributed by atoms with Gasteiger partial charge in [0.25, 0.3) is 0 Å². The highest BCUT2D eigenvalue weighted by Crippen LogP contribution is 2.28. The molecule has 0 saturated carbocycles. The van der Waals surface area contributed by atoms with E-state index in [0.717, 1.165) is 28.1 Å². The highest BCUT2D eigenvalue weighted by Gasteiger charge is 2.15. The van der Waals surface area contributed by atoms with Gasteiger partial charge >= 0.3 is 5.97 Å². The standard InChI is InChI=1S/C22H18N2O2/c1-2-26-22(25)17-11-8-12-18(15-17)24-20-14-7-6-13-19(20)23-21(24)16-9-4-3-5-10-16/h3-15H,2H2,1H3. The minimum atomic E-state index is -0.319. The Balaban J connectivity index is 1.94. The van der Waals surface area contributed by atoms with Gasteiger partial charge in [-0.15, -0.1) is 0 Å². The van der Waals surface area contributed by atoms with E-state index in [1.807, 2.05) is 72.8 Å². The Bertz CT molecular complexity index is 1070. The summed E-state index contributed by atoms with van der Waals surface area (Å²) in [4.78, 5) is 17.0. The minimum Gasteiger partial charge on any atom is -0.462 e. The molecule has 1 heterocycles. The fraction of sp³-hybridized carbons (Fsp3) is 0.0909. The third kappa shape index (κ3) is 2.86. The molecule has 3 aromatic carbocycles. The van der Waals surface area contributed by atoms with Crippen LogP contribution in [0.15, 0.2) is 78.9 Å². The number of fused-ring (bicyclic) bond motifs is 1. The summed E-state index contributed by atoms with van der Waals surface area (Å²) in [5, 5.41) is 0. The molecule has 0 spiro atoms. The number of ether oxygens (including phenoxy) is 1. The van der Waals surface area contributed by atoms with Crippen molar-refractivity contribution in [2.45, 2.75) is 6.92 Å². The number of rotatable bonds is 4. The summed E-state index contributed by atoms with van der Waals surface area (Å²) in [6, 6.07) is 25.5. The second kappa shape index (κ2) is 6.84. The van der Waals surface area contributed by atoms with Crippen molar-refractivity contribution in [2.24, 2.45) is 0 Å². The molecule has 0 unspecified atom stereocenters. The van der Waals surface area contributed by atoms with Gasteiger partial charge < -0.3 is 4.74 Å². The van der Waals surface area contributed by atoms with E-state index in [0.29, 0.717) is 12.2 Å². The lowest BCUT2D eigenvalue weighted by molar-refractivity contribution is 0.0526. The van der Waals surface area contributed by atoms with Gasteiger partial charge in [0.15, 0.2) is 0 Å². The van der Waals surface area contributed by atoms with E-state index < -0.39 is 0 Å². The average Bonchev–Trinajstić information content (AvgIpc) is 3.08. The van der Waals surface area contributed by atoms with E-state index in [1.54, 1.807) is 13.0 Å². The number of benzene rings is 3. The van der Waals surface area contributed by atoms with Crippen LogP contribution in [0.4, 0.5) is 0 Å². The number of hydrogen-bond donors (Lipinski definition) is 0. The van der Waals surface area contributed by atoms with Crippen LogP contribution < -0.4 is 0 Å². The van der Waals surface area contributed by atoms with E-state index in [9.17, 15) is 4.79 Å². The van der Waals surface area contributed by atoms with E-state index >= 15 is 0 Å². The van der Waals surface area contributed by atoms with Crippen LogP contribution >= 0.6 is 0 Å². The van der Waals surface area contributed by atoms with Crippen molar-refractivity contribution >= 4 is 17.0 Å². The lowest BCUT2D eigenvalue weighted by Crippen LogP contribution is -2.06. The molecule has 0 aliphatic rings. The highest BCUT2D eigenvalue weighted by molar-refractivity contribution is 5.91. The van der Waals surface area contributed by atoms with Crippen LogP contribution in [0.25, 0.3) is 28.1 Å². The first-order valence-corrected chi connectivity index (χ1v) is 8.58. The Kier molecular flexibility index (Phi) is 4.23. The van der Waals surface area contributed by atoms with Gasteiger partial charge in [0, 0.05) is 11.3 Å². The number of para-hydroxylation sites is 2. The quantitative estimate of drug-likeness (QED) is 0.497. The molecule has 0 fully saturated rings. The Morgan fingerprint density at radius 2 is 1.73 bits per heavy atom. The van der Waals surface area contributed by atoms with Gasteiger partial charge in [-0.2, -0.15) is 0 Å². The summed E-state index contributed by atoms with van der Waals surface area (Å²) >= 11 is 0. The van der Waals surface area contributed by atoms with Gasteiger partial charge in [-0.05, 0) is 37.3 Å². The molecular weight excluding hydrogens is 324 g/mol. The maximum absolute atomic E-state index is 12.1. The largest absolute Gasteiger partial charge is 0.462 e. The number of nitrogens with zero attached hydrogens (tertiary/aromatic N) is 2. The van der Waals surface area contributed by atoms with Crippen molar-refractivity contribution in [3.05, 3.63) is 84.4 Å². The van der Waals surface area contributed by atoms with Crippen molar-refractivity contribution in [1.82, 2.24) is 9.55 Å². The van der Waals surface area contributed by atoms with Crippen LogP contribution in [0.5, 0.6) is 0 Å². The number of aromatic nitrogens is 2. The van der Waals surface area contributed by atoms with E-state index in [4.69, 9.17) is 9.72 Å². The molecule has 1 aromatic heterocycles. The summed E-state index contributed by atoms with van der Waals surface area (Å²) < 4.78 is 7.22. The Labute approximate surface area is 151 Å². The molecule has 0 aliphatic heterocycles. The van der Waals surface area contributed by atoms with E-state index in [2.05, 4.69) is 4.57 Å². The molecule has 128 valence electrons. The number of hydrogen-bond acceptors (Lipinski definition) is 3. The number of carbonyl (C=O) groups excluding carboxylic acids is 1. The minimum absolute atomic E-state index is 0.319. The molecule has 4 nitrogen and oxygen atoms in total. The fourth-order valence-corrected chi connectivity index (χ4v) is 3.05. The second-order valence-corrected chi connectivity index (χ2v) is 5.90. The zero-order valence-electron chi connectivity index (χ0n) is 14.4. The Morgan fingerprint density at radius 1 is 0.962 bits per heavy atom. The molecule has 4 heteroatoms. The van der Waals surface area contributed by atoms with Crippen LogP contribution in [-0.4, -0.2) is 22.1 Å². The van der Waals surface area contributed by atoms with Gasteiger partial charge in [0.1, 0.15) is 5.82 Å². The van der Waals surface area contributed by atoms with Crippen molar-refractivity contribution in [3.8, 4) is 17.1 Å². The monoisotopic (exact) mass is 342 g/mol. The first-order chi connectivity index (χ1) is 12.8. The van der Waals surface area contributed by atoms with Crippen molar-refractivity contribution in [1.29, 1.82) is 0 Å². The van der Waals surface area contributed by atoms with Crippen LogP contribution in [0.2, 0.25) is 0 Å². The normalized spacial score (nSPS) is 10.8. The summed E-state index contributed by atoms with van der Waals surface area (Å²) in [5.74, 6) is 0.521. The summed E-state index contributed by atoms with van der Waals surface area (Å²) in [6.45, 7) is 2.16. The van der Waals surface area contributed by atoms with E-state index in [1.165, 1.54) is 0 Å². The Morgan fingerprint density at radius 3 is 2.54 bits per heavy atom. The van der Waals surface area contributed by atoms with Crippen LogP contribution in [0.1, 0.15) is 17.3 Å². The number of imidazole rings is 1. The van der Waals surface area contributed by atoms with Gasteiger partial charge in [0.2, 0.25) is 0 Å². The van der Waals surface area contributed by atoms with E-state index in [-0.39, 0.29) is 5.97 Å². The molecule has 0 radical (unpaired) electrons. The summed E-state index contributed by atoms with van der Waals surface area (Å²) in [6.07, 6.45) is 0. The maximum atomic E-state index is 12.1. The first kappa shape index (κ1) is 16.1. The predicted octanol–water partition coefficient (Wildman–Crippen LogP) is 4.87. The molecule has 0 atom stereocenters. The fourth-order valence-electron chi connectivity index (χ4n) is 3.05. The van der Waals surface area contributed by atoms with Gasteiger partial charge in [-0.25, -0.2) is 9.78 Å². The zero-order chi connectivity index (χ0) is 17.9. The van der Waals surface area contributed by atoms with Gasteiger partial charge in [-0.3, -0.25) is 4.57 Å². The predicted molar refractivity (Wildman–Crippen MR) is 102 cm³/mol. The second-order valence-electron chi connectivity index (χ2n) is 5.90. The summed E-state index contributed by atoms with van der Waals surface area (Å²) in [5.41, 5.74) is 4.33. The SMILES string of the molecule is CCOC(=O)c1cccc(-n2c(-c3ccccc3)nc3ccccc32)c1.